The summed E-state index contributed by atoms with van der Waals surface area (Å²) in [4.78, 5) is 0. The number of nitriles is 2. The summed E-state index contributed by atoms with van der Waals surface area (Å²) in [5.41, 5.74) is 11.6. The number of fused-ring (bicyclic) bond motifs is 12. The lowest BCUT2D eigenvalue weighted by Crippen LogP contribution is -1.93. The summed E-state index contributed by atoms with van der Waals surface area (Å²) in [5, 5.41) is 28.4. The van der Waals surface area contributed by atoms with Crippen LogP contribution < -0.4 is 0 Å². The van der Waals surface area contributed by atoms with Gasteiger partial charge in [0.1, 0.15) is 11.2 Å². The van der Waals surface area contributed by atoms with Crippen LogP contribution in [0.3, 0.4) is 0 Å². The predicted octanol–water partition coefficient (Wildman–Crippen LogP) is 13.6. The van der Waals surface area contributed by atoms with Crippen LogP contribution in [-0.2, 0) is 0 Å². The maximum absolute atomic E-state index is 9.99. The molecule has 0 amide bonds. The van der Waals surface area contributed by atoms with Gasteiger partial charge in [0.15, 0.2) is 0 Å². The molecule has 12 aromatic rings. The summed E-state index contributed by atoms with van der Waals surface area (Å²) in [6.45, 7) is 0. The van der Waals surface area contributed by atoms with E-state index in [1.807, 2.05) is 53.8 Å². The molecule has 0 fully saturated rings. The van der Waals surface area contributed by atoms with Gasteiger partial charge in [-0.3, -0.25) is 0 Å². The lowest BCUT2D eigenvalue weighted by molar-refractivity contribution is 0.669. The van der Waals surface area contributed by atoms with Crippen molar-refractivity contribution in [2.24, 2.45) is 0 Å². The zero-order chi connectivity index (χ0) is 37.1. The van der Waals surface area contributed by atoms with Crippen LogP contribution in [0.2, 0.25) is 0 Å². The van der Waals surface area contributed by atoms with E-state index >= 15 is 0 Å². The Balaban J connectivity index is 1.01. The normalized spacial score (nSPS) is 11.9. The fraction of sp³-hybridized carbons (Fsp3) is 0. The SMILES string of the molecule is N#Cc1ccc2c(c1)c1ccccc1n2-c1ccc2oc3ccc(-c4ccc5sc6ccc(-n7c8ccccc8c8c(C#N)cccc87)cc6c5c4)cc3c2c1. The highest BCUT2D eigenvalue weighted by atomic mass is 32.1. The maximum Gasteiger partial charge on any atom is 0.135 e. The molecule has 4 heterocycles. The molecule has 0 N–H and O–H groups in total. The Bertz CT molecular complexity index is 3750. The first kappa shape index (κ1) is 30.8. The monoisotopic (exact) mass is 730 g/mol. The lowest BCUT2D eigenvalue weighted by Gasteiger charge is -2.09. The number of rotatable bonds is 3. The summed E-state index contributed by atoms with van der Waals surface area (Å²) in [7, 11) is 0. The van der Waals surface area contributed by atoms with E-state index < -0.39 is 0 Å². The van der Waals surface area contributed by atoms with Crippen LogP contribution in [0, 0.1) is 22.7 Å². The number of hydrogen-bond acceptors (Lipinski definition) is 4. The van der Waals surface area contributed by atoms with E-state index in [1.54, 1.807) is 0 Å². The quantitative estimate of drug-likeness (QED) is 0.182. The van der Waals surface area contributed by atoms with Crippen molar-refractivity contribution in [1.82, 2.24) is 9.13 Å². The Labute approximate surface area is 323 Å². The van der Waals surface area contributed by atoms with E-state index in [2.05, 4.69) is 137 Å². The number of thiophene rings is 1. The third-order valence-corrected chi connectivity index (χ3v) is 12.5. The molecular weight excluding hydrogens is 705 g/mol. The van der Waals surface area contributed by atoms with Crippen LogP contribution in [0.1, 0.15) is 11.1 Å². The Hall–Kier alpha value is -7.64. The molecule has 0 unspecified atom stereocenters. The van der Waals surface area contributed by atoms with Gasteiger partial charge >= 0.3 is 0 Å². The van der Waals surface area contributed by atoms with Gasteiger partial charge in [0.2, 0.25) is 0 Å². The van der Waals surface area contributed by atoms with Crippen molar-refractivity contribution in [2.75, 3.05) is 0 Å². The van der Waals surface area contributed by atoms with E-state index in [0.717, 1.165) is 88.1 Å². The molecule has 0 aliphatic rings. The van der Waals surface area contributed by atoms with Crippen molar-refractivity contribution in [3.05, 3.63) is 169 Å². The summed E-state index contributed by atoms with van der Waals surface area (Å²) in [6, 6.07) is 59.7. The van der Waals surface area contributed by atoms with E-state index in [-0.39, 0.29) is 0 Å². The largest absolute Gasteiger partial charge is 0.456 e. The third-order valence-electron chi connectivity index (χ3n) is 11.4. The first-order valence-corrected chi connectivity index (χ1v) is 19.3. The van der Waals surface area contributed by atoms with Crippen molar-refractivity contribution in [1.29, 1.82) is 10.5 Å². The molecule has 5 nitrogen and oxygen atoms in total. The van der Waals surface area contributed by atoms with Crippen LogP contribution in [-0.4, -0.2) is 9.13 Å². The van der Waals surface area contributed by atoms with Crippen molar-refractivity contribution in [3.63, 3.8) is 0 Å². The topological polar surface area (TPSA) is 70.6 Å². The summed E-state index contributed by atoms with van der Waals surface area (Å²) < 4.78 is 13.4. The van der Waals surface area contributed by atoms with Crippen molar-refractivity contribution < 1.29 is 4.42 Å². The molecule has 0 radical (unpaired) electrons. The zero-order valence-electron chi connectivity index (χ0n) is 29.6. The molecule has 12 rings (SSSR count). The Kier molecular flexibility index (Phi) is 6.28. The minimum atomic E-state index is 0.650. The Morgan fingerprint density at radius 2 is 1.02 bits per heavy atom. The average Bonchev–Trinajstić information content (AvgIpc) is 4.00. The second kappa shape index (κ2) is 11.4. The van der Waals surface area contributed by atoms with Gasteiger partial charge in [-0.2, -0.15) is 10.5 Å². The van der Waals surface area contributed by atoms with Crippen LogP contribution in [0.5, 0.6) is 0 Å². The highest BCUT2D eigenvalue weighted by Crippen LogP contribution is 2.42. The highest BCUT2D eigenvalue weighted by molar-refractivity contribution is 7.25. The smallest absolute Gasteiger partial charge is 0.135 e. The van der Waals surface area contributed by atoms with Gasteiger partial charge in [0.05, 0.1) is 45.3 Å². The lowest BCUT2D eigenvalue weighted by atomic mass is 10.0. The van der Waals surface area contributed by atoms with Crippen LogP contribution in [0.15, 0.2) is 162 Å². The van der Waals surface area contributed by atoms with Gasteiger partial charge < -0.3 is 13.6 Å². The molecule has 0 spiro atoms. The molecule has 8 aromatic carbocycles. The zero-order valence-corrected chi connectivity index (χ0v) is 30.4. The fourth-order valence-electron chi connectivity index (χ4n) is 8.88. The predicted molar refractivity (Wildman–Crippen MR) is 230 cm³/mol. The average molecular weight is 731 g/mol. The van der Waals surface area contributed by atoms with Crippen LogP contribution in [0.25, 0.3) is 108 Å². The molecule has 0 saturated carbocycles. The highest BCUT2D eigenvalue weighted by Gasteiger charge is 2.18. The molecule has 56 heavy (non-hydrogen) atoms. The summed E-state index contributed by atoms with van der Waals surface area (Å²) in [6.07, 6.45) is 0. The van der Waals surface area contributed by atoms with Crippen LogP contribution in [0.4, 0.5) is 0 Å². The molecule has 0 saturated heterocycles. The number of hydrogen-bond donors (Lipinski definition) is 0. The summed E-state index contributed by atoms with van der Waals surface area (Å²) >= 11 is 1.81. The van der Waals surface area contributed by atoms with Crippen LogP contribution >= 0.6 is 11.3 Å². The minimum Gasteiger partial charge on any atom is -0.456 e. The molecule has 0 bridgehead atoms. The second-order valence-corrected chi connectivity index (χ2v) is 15.4. The van der Waals surface area contributed by atoms with Gasteiger partial charge in [-0.1, -0.05) is 54.6 Å². The van der Waals surface area contributed by atoms with E-state index in [9.17, 15) is 10.5 Å². The first-order valence-electron chi connectivity index (χ1n) is 18.4. The second-order valence-electron chi connectivity index (χ2n) is 14.3. The van der Waals surface area contributed by atoms with E-state index in [1.165, 1.54) is 20.2 Å². The third kappa shape index (κ3) is 4.28. The number of furan rings is 1. The van der Waals surface area contributed by atoms with E-state index in [4.69, 9.17) is 4.42 Å². The number of benzene rings is 8. The molecule has 0 aliphatic carbocycles. The molecule has 6 heteroatoms. The standard InChI is InChI=1S/C50H26N4OS/c51-27-29-12-17-44-37(22-29)35-7-1-3-9-42(35)53(44)33-15-19-47-39(25-33)38-23-30(13-18-46(38)55-47)31-14-20-48-40(24-31)41-26-34(16-21-49(41)56-48)54-43-10-4-2-8-36(43)50-32(28-52)6-5-11-45(50)54/h1-26H. The molecule has 258 valence electrons. The van der Waals surface area contributed by atoms with Gasteiger partial charge in [0, 0.05) is 63.9 Å². The summed E-state index contributed by atoms with van der Waals surface area (Å²) in [5.74, 6) is 0. The van der Waals surface area contributed by atoms with Crippen molar-refractivity contribution in [2.45, 2.75) is 0 Å². The number of nitrogens with zero attached hydrogens (tertiary/aromatic N) is 4. The van der Waals surface area contributed by atoms with Crippen molar-refractivity contribution in [3.8, 4) is 34.6 Å². The van der Waals surface area contributed by atoms with Gasteiger partial charge in [-0.25, -0.2) is 0 Å². The molecule has 4 aromatic heterocycles. The number of para-hydroxylation sites is 2. The van der Waals surface area contributed by atoms with Gasteiger partial charge in [-0.05, 0) is 114 Å². The van der Waals surface area contributed by atoms with Crippen molar-refractivity contribution >= 4 is 97.1 Å². The molecule has 0 atom stereocenters. The first-order chi connectivity index (χ1) is 27.6. The van der Waals surface area contributed by atoms with E-state index in [0.29, 0.717) is 11.1 Å². The molecular formula is C50H26N4OS. The molecule has 0 aliphatic heterocycles. The van der Waals surface area contributed by atoms with Gasteiger partial charge in [0.25, 0.3) is 0 Å². The Morgan fingerprint density at radius 1 is 0.429 bits per heavy atom. The fourth-order valence-corrected chi connectivity index (χ4v) is 9.95. The van der Waals surface area contributed by atoms with Gasteiger partial charge in [-0.15, -0.1) is 11.3 Å². The minimum absolute atomic E-state index is 0.650. The number of aromatic nitrogens is 2. The maximum atomic E-state index is 9.99. The Morgan fingerprint density at radius 3 is 1.82 bits per heavy atom.